The summed E-state index contributed by atoms with van der Waals surface area (Å²) in [4.78, 5) is 14.2. The summed E-state index contributed by atoms with van der Waals surface area (Å²) in [6, 6.07) is 7.75. The Morgan fingerprint density at radius 2 is 2.35 bits per heavy atom. The number of piperidine rings is 1. The predicted octanol–water partition coefficient (Wildman–Crippen LogP) is 2.23. The molecule has 0 spiro atoms. The van der Waals surface area contributed by atoms with Crippen LogP contribution in [0.1, 0.15) is 31.7 Å². The SMILES string of the molecule is CCOC1CCCN(C(=O)CCc2cccc(N)c2)C1. The smallest absolute Gasteiger partial charge is 0.222 e. The fourth-order valence-electron chi connectivity index (χ4n) is 2.69. The number of benzene rings is 1. The van der Waals surface area contributed by atoms with Crippen LogP contribution in [0.4, 0.5) is 5.69 Å². The molecule has 20 heavy (non-hydrogen) atoms. The third kappa shape index (κ3) is 4.23. The lowest BCUT2D eigenvalue weighted by atomic mass is 10.1. The Hall–Kier alpha value is -1.55. The van der Waals surface area contributed by atoms with Gasteiger partial charge in [0.2, 0.25) is 5.91 Å². The first kappa shape index (κ1) is 14.9. The van der Waals surface area contributed by atoms with E-state index in [4.69, 9.17) is 10.5 Å². The Kier molecular flexibility index (Phi) is 5.41. The van der Waals surface area contributed by atoms with Gasteiger partial charge in [-0.05, 0) is 43.9 Å². The molecule has 0 aromatic heterocycles. The predicted molar refractivity (Wildman–Crippen MR) is 80.4 cm³/mol. The van der Waals surface area contributed by atoms with E-state index in [1.165, 1.54) is 0 Å². The van der Waals surface area contributed by atoms with Crippen molar-refractivity contribution < 1.29 is 9.53 Å². The van der Waals surface area contributed by atoms with E-state index >= 15 is 0 Å². The van der Waals surface area contributed by atoms with Gasteiger partial charge in [0, 0.05) is 31.8 Å². The van der Waals surface area contributed by atoms with Crippen LogP contribution in [0.15, 0.2) is 24.3 Å². The van der Waals surface area contributed by atoms with Crippen molar-refractivity contribution in [3.8, 4) is 0 Å². The van der Waals surface area contributed by atoms with Crippen molar-refractivity contribution >= 4 is 11.6 Å². The first-order valence-electron chi connectivity index (χ1n) is 7.43. The summed E-state index contributed by atoms with van der Waals surface area (Å²) in [7, 11) is 0. The fourth-order valence-corrected chi connectivity index (χ4v) is 2.69. The number of carbonyl (C=O) groups is 1. The molecule has 1 unspecified atom stereocenters. The van der Waals surface area contributed by atoms with Crippen molar-refractivity contribution in [2.45, 2.75) is 38.7 Å². The highest BCUT2D eigenvalue weighted by Gasteiger charge is 2.23. The van der Waals surface area contributed by atoms with Gasteiger partial charge >= 0.3 is 0 Å². The maximum atomic E-state index is 12.2. The highest BCUT2D eigenvalue weighted by molar-refractivity contribution is 5.76. The topological polar surface area (TPSA) is 55.6 Å². The molecule has 4 heteroatoms. The number of nitrogen functional groups attached to an aromatic ring is 1. The third-order valence-electron chi connectivity index (χ3n) is 3.71. The summed E-state index contributed by atoms with van der Waals surface area (Å²) in [5, 5.41) is 0. The second-order valence-electron chi connectivity index (χ2n) is 5.30. The molecule has 1 amide bonds. The van der Waals surface area contributed by atoms with E-state index in [2.05, 4.69) is 0 Å². The maximum absolute atomic E-state index is 12.2. The average Bonchev–Trinajstić information content (AvgIpc) is 2.45. The monoisotopic (exact) mass is 276 g/mol. The van der Waals surface area contributed by atoms with Crippen LogP contribution in [-0.2, 0) is 16.0 Å². The number of hydrogen-bond donors (Lipinski definition) is 1. The van der Waals surface area contributed by atoms with Crippen LogP contribution in [0.2, 0.25) is 0 Å². The number of hydrogen-bond acceptors (Lipinski definition) is 3. The first-order valence-corrected chi connectivity index (χ1v) is 7.43. The number of likely N-dealkylation sites (tertiary alicyclic amines) is 1. The Morgan fingerprint density at radius 1 is 1.50 bits per heavy atom. The Balaban J connectivity index is 1.82. The number of ether oxygens (including phenoxy) is 1. The molecule has 0 saturated carbocycles. The normalized spacial score (nSPS) is 19.1. The summed E-state index contributed by atoms with van der Waals surface area (Å²) < 4.78 is 5.63. The van der Waals surface area contributed by atoms with E-state index in [1.807, 2.05) is 36.1 Å². The van der Waals surface area contributed by atoms with Crippen molar-refractivity contribution in [2.75, 3.05) is 25.4 Å². The van der Waals surface area contributed by atoms with Gasteiger partial charge in [0.15, 0.2) is 0 Å². The molecule has 1 aromatic rings. The second kappa shape index (κ2) is 7.29. The first-order chi connectivity index (χ1) is 9.69. The zero-order valence-electron chi connectivity index (χ0n) is 12.2. The van der Waals surface area contributed by atoms with E-state index in [9.17, 15) is 4.79 Å². The van der Waals surface area contributed by atoms with E-state index < -0.39 is 0 Å². The molecule has 0 radical (unpaired) electrons. The molecular formula is C16H24N2O2. The minimum absolute atomic E-state index is 0.213. The van der Waals surface area contributed by atoms with Crippen molar-refractivity contribution in [1.82, 2.24) is 4.90 Å². The van der Waals surface area contributed by atoms with Gasteiger partial charge in [-0.1, -0.05) is 12.1 Å². The molecule has 4 nitrogen and oxygen atoms in total. The van der Waals surface area contributed by atoms with E-state index in [-0.39, 0.29) is 12.0 Å². The summed E-state index contributed by atoms with van der Waals surface area (Å²) in [6.07, 6.45) is 3.61. The summed E-state index contributed by atoms with van der Waals surface area (Å²) in [5.74, 6) is 0.219. The van der Waals surface area contributed by atoms with Gasteiger partial charge < -0.3 is 15.4 Å². The Labute approximate surface area is 120 Å². The van der Waals surface area contributed by atoms with Crippen LogP contribution in [0.3, 0.4) is 0 Å². The van der Waals surface area contributed by atoms with Crippen LogP contribution < -0.4 is 5.73 Å². The molecule has 2 rings (SSSR count). The van der Waals surface area contributed by atoms with E-state index in [1.54, 1.807) is 0 Å². The van der Waals surface area contributed by atoms with Gasteiger partial charge in [-0.15, -0.1) is 0 Å². The number of aryl methyl sites for hydroxylation is 1. The Morgan fingerprint density at radius 3 is 3.10 bits per heavy atom. The molecule has 1 saturated heterocycles. The standard InChI is InChI=1S/C16H24N2O2/c1-2-20-15-7-4-10-18(12-15)16(19)9-8-13-5-3-6-14(17)11-13/h3,5-6,11,15H,2,4,7-10,12,17H2,1H3. The van der Waals surface area contributed by atoms with Crippen molar-refractivity contribution in [3.05, 3.63) is 29.8 Å². The molecular weight excluding hydrogens is 252 g/mol. The van der Waals surface area contributed by atoms with Gasteiger partial charge in [0.1, 0.15) is 0 Å². The van der Waals surface area contributed by atoms with Crippen molar-refractivity contribution in [2.24, 2.45) is 0 Å². The zero-order chi connectivity index (χ0) is 14.4. The van der Waals surface area contributed by atoms with E-state index in [0.717, 1.165) is 50.2 Å². The number of amides is 1. The molecule has 1 atom stereocenters. The van der Waals surface area contributed by atoms with Gasteiger partial charge in [-0.2, -0.15) is 0 Å². The molecule has 110 valence electrons. The summed E-state index contributed by atoms with van der Waals surface area (Å²) in [5.41, 5.74) is 7.62. The van der Waals surface area contributed by atoms with Crippen LogP contribution >= 0.6 is 0 Å². The molecule has 2 N–H and O–H groups in total. The van der Waals surface area contributed by atoms with Crippen LogP contribution in [-0.4, -0.2) is 36.6 Å². The van der Waals surface area contributed by atoms with Gasteiger partial charge in [-0.25, -0.2) is 0 Å². The molecule has 1 aromatic carbocycles. The number of nitrogens with zero attached hydrogens (tertiary/aromatic N) is 1. The van der Waals surface area contributed by atoms with Gasteiger partial charge in [-0.3, -0.25) is 4.79 Å². The lowest BCUT2D eigenvalue weighted by molar-refractivity contribution is -0.135. The lowest BCUT2D eigenvalue weighted by Crippen LogP contribution is -2.43. The van der Waals surface area contributed by atoms with Crippen molar-refractivity contribution in [1.29, 1.82) is 0 Å². The quantitative estimate of drug-likeness (QED) is 0.839. The Bertz CT molecular complexity index is 446. The maximum Gasteiger partial charge on any atom is 0.222 e. The molecule has 1 fully saturated rings. The second-order valence-corrected chi connectivity index (χ2v) is 5.30. The van der Waals surface area contributed by atoms with Crippen LogP contribution in [0.25, 0.3) is 0 Å². The fraction of sp³-hybridized carbons (Fsp3) is 0.562. The zero-order valence-corrected chi connectivity index (χ0v) is 12.2. The number of rotatable bonds is 5. The highest BCUT2D eigenvalue weighted by atomic mass is 16.5. The summed E-state index contributed by atoms with van der Waals surface area (Å²) >= 11 is 0. The molecule has 1 aliphatic rings. The van der Waals surface area contributed by atoms with E-state index in [0.29, 0.717) is 6.42 Å². The minimum atomic E-state index is 0.213. The van der Waals surface area contributed by atoms with Crippen LogP contribution in [0, 0.1) is 0 Å². The highest BCUT2D eigenvalue weighted by Crippen LogP contribution is 2.15. The number of carbonyl (C=O) groups excluding carboxylic acids is 1. The molecule has 1 heterocycles. The minimum Gasteiger partial charge on any atom is -0.399 e. The average molecular weight is 276 g/mol. The third-order valence-corrected chi connectivity index (χ3v) is 3.71. The largest absolute Gasteiger partial charge is 0.399 e. The number of anilines is 1. The molecule has 0 bridgehead atoms. The van der Waals surface area contributed by atoms with Gasteiger partial charge in [0.25, 0.3) is 0 Å². The van der Waals surface area contributed by atoms with Crippen molar-refractivity contribution in [3.63, 3.8) is 0 Å². The molecule has 0 aliphatic carbocycles. The van der Waals surface area contributed by atoms with Gasteiger partial charge in [0.05, 0.1) is 6.10 Å². The number of nitrogens with two attached hydrogens (primary N) is 1. The van der Waals surface area contributed by atoms with Crippen LogP contribution in [0.5, 0.6) is 0 Å². The summed E-state index contributed by atoms with van der Waals surface area (Å²) in [6.45, 7) is 4.32. The lowest BCUT2D eigenvalue weighted by Gasteiger charge is -2.32. The molecule has 1 aliphatic heterocycles.